The summed E-state index contributed by atoms with van der Waals surface area (Å²) >= 11 is 0. The van der Waals surface area contributed by atoms with Crippen LogP contribution in [0.25, 0.3) is 11.0 Å². The zero-order valence-corrected chi connectivity index (χ0v) is 14.2. The average Bonchev–Trinajstić information content (AvgIpc) is 3.44. The molecule has 3 aromatic rings. The van der Waals surface area contributed by atoms with Crippen molar-refractivity contribution in [3.63, 3.8) is 0 Å². The van der Waals surface area contributed by atoms with Crippen molar-refractivity contribution >= 4 is 22.4 Å². The molecule has 2 aliphatic rings. The predicted molar refractivity (Wildman–Crippen MR) is 99.1 cm³/mol. The van der Waals surface area contributed by atoms with Crippen molar-refractivity contribution in [3.8, 4) is 0 Å². The Hall–Kier alpha value is -2.55. The third-order valence-corrected chi connectivity index (χ3v) is 5.65. The van der Waals surface area contributed by atoms with Gasteiger partial charge < -0.3 is 10.2 Å². The molecule has 0 amide bonds. The second kappa shape index (κ2) is 5.48. The molecule has 2 aliphatic carbocycles. The summed E-state index contributed by atoms with van der Waals surface area (Å²) in [5, 5.41) is 0.962. The van der Waals surface area contributed by atoms with Gasteiger partial charge in [-0.2, -0.15) is 0 Å². The highest BCUT2D eigenvalue weighted by atomic mass is 16.3. The van der Waals surface area contributed by atoms with Crippen LogP contribution in [0.2, 0.25) is 0 Å². The van der Waals surface area contributed by atoms with E-state index >= 15 is 0 Å². The zero-order chi connectivity index (χ0) is 17.0. The molecule has 25 heavy (non-hydrogen) atoms. The third kappa shape index (κ3) is 2.30. The molecule has 126 valence electrons. The Kier molecular flexibility index (Phi) is 3.24. The summed E-state index contributed by atoms with van der Waals surface area (Å²) in [6, 6.07) is 12.0. The molecule has 3 nitrogen and oxygen atoms in total. The number of carbonyl (C=O) groups is 1. The topological polar surface area (TPSA) is 56.2 Å². The molecule has 0 bridgehead atoms. The quantitative estimate of drug-likeness (QED) is 0.687. The largest absolute Gasteiger partial charge is 0.450 e. The van der Waals surface area contributed by atoms with Crippen LogP contribution in [-0.4, -0.2) is 5.78 Å². The summed E-state index contributed by atoms with van der Waals surface area (Å²) in [7, 11) is 0. The van der Waals surface area contributed by atoms with Crippen LogP contribution < -0.4 is 5.73 Å². The number of ketones is 1. The van der Waals surface area contributed by atoms with Gasteiger partial charge in [0, 0.05) is 10.9 Å². The first kappa shape index (κ1) is 14.8. The normalized spacial score (nSPS) is 16.8. The number of benzene rings is 2. The molecular formula is C22H21NO2. The summed E-state index contributed by atoms with van der Waals surface area (Å²) in [6.45, 7) is 0. The Balaban J connectivity index is 1.66. The molecule has 5 rings (SSSR count). The summed E-state index contributed by atoms with van der Waals surface area (Å²) in [5.74, 6) is 0.737. The van der Waals surface area contributed by atoms with Crippen LogP contribution in [0.15, 0.2) is 40.8 Å². The Morgan fingerprint density at radius 3 is 2.68 bits per heavy atom. The predicted octanol–water partition coefficient (Wildman–Crippen LogP) is 5.00. The SMILES string of the molecule is Nc1c(C(=O)c2ccccc2C2CC2)oc2ccc3c(c12)CCCC3. The highest BCUT2D eigenvalue weighted by molar-refractivity contribution is 6.15. The summed E-state index contributed by atoms with van der Waals surface area (Å²) in [6.07, 6.45) is 6.81. The van der Waals surface area contributed by atoms with Crippen LogP contribution in [0, 0.1) is 0 Å². The number of nitrogens with two attached hydrogens (primary N) is 1. The Morgan fingerprint density at radius 2 is 1.84 bits per heavy atom. The highest BCUT2D eigenvalue weighted by Crippen LogP contribution is 2.43. The van der Waals surface area contributed by atoms with E-state index in [1.807, 2.05) is 24.3 Å². The van der Waals surface area contributed by atoms with E-state index in [4.69, 9.17) is 10.2 Å². The lowest BCUT2D eigenvalue weighted by Crippen LogP contribution is -2.07. The van der Waals surface area contributed by atoms with E-state index in [-0.39, 0.29) is 5.78 Å². The first-order valence-electron chi connectivity index (χ1n) is 9.20. The molecular weight excluding hydrogens is 310 g/mol. The van der Waals surface area contributed by atoms with Crippen LogP contribution in [0.3, 0.4) is 0 Å². The second-order valence-corrected chi connectivity index (χ2v) is 7.32. The van der Waals surface area contributed by atoms with E-state index in [2.05, 4.69) is 12.1 Å². The third-order valence-electron chi connectivity index (χ3n) is 5.65. The van der Waals surface area contributed by atoms with E-state index in [0.29, 0.717) is 17.4 Å². The fourth-order valence-electron chi connectivity index (χ4n) is 4.21. The maximum absolute atomic E-state index is 13.2. The fraction of sp³-hybridized carbons (Fsp3) is 0.318. The Bertz CT molecular complexity index is 995. The van der Waals surface area contributed by atoms with Gasteiger partial charge in [0.25, 0.3) is 0 Å². The molecule has 2 aromatic carbocycles. The van der Waals surface area contributed by atoms with Crippen LogP contribution in [0.4, 0.5) is 5.69 Å². The van der Waals surface area contributed by atoms with Crippen molar-refractivity contribution in [2.24, 2.45) is 0 Å². The zero-order valence-electron chi connectivity index (χ0n) is 14.2. The standard InChI is InChI=1S/C22H21NO2/c23-20-19-16-7-2-1-5-13(16)11-12-18(19)25-22(20)21(24)17-8-4-3-6-15(17)14-9-10-14/h3-4,6,8,11-12,14H,1-2,5,7,9-10,23H2. The Labute approximate surface area is 146 Å². The number of hydrogen-bond acceptors (Lipinski definition) is 3. The average molecular weight is 331 g/mol. The molecule has 1 fully saturated rings. The Morgan fingerprint density at radius 1 is 1.04 bits per heavy atom. The fourth-order valence-corrected chi connectivity index (χ4v) is 4.21. The van der Waals surface area contributed by atoms with Gasteiger partial charge >= 0.3 is 0 Å². The molecule has 0 radical (unpaired) electrons. The van der Waals surface area contributed by atoms with Crippen LogP contribution in [0.1, 0.15) is 64.4 Å². The van der Waals surface area contributed by atoms with Gasteiger partial charge in [-0.1, -0.05) is 30.3 Å². The van der Waals surface area contributed by atoms with Crippen LogP contribution in [0.5, 0.6) is 0 Å². The van der Waals surface area contributed by atoms with Gasteiger partial charge in [-0.25, -0.2) is 0 Å². The molecule has 1 heterocycles. The molecule has 0 unspecified atom stereocenters. The van der Waals surface area contributed by atoms with Crippen molar-refractivity contribution < 1.29 is 9.21 Å². The molecule has 0 spiro atoms. The first-order valence-corrected chi connectivity index (χ1v) is 9.20. The lowest BCUT2D eigenvalue weighted by atomic mass is 9.89. The summed E-state index contributed by atoms with van der Waals surface area (Å²) in [5.41, 5.74) is 12.2. The van der Waals surface area contributed by atoms with Gasteiger partial charge in [0.05, 0.1) is 5.69 Å². The van der Waals surface area contributed by atoms with E-state index in [1.165, 1.54) is 24.0 Å². The molecule has 0 atom stereocenters. The number of hydrogen-bond donors (Lipinski definition) is 1. The highest BCUT2D eigenvalue weighted by Gasteiger charge is 2.30. The molecule has 2 N–H and O–H groups in total. The van der Waals surface area contributed by atoms with E-state index in [1.54, 1.807) is 0 Å². The number of nitrogen functional groups attached to an aromatic ring is 1. The number of anilines is 1. The number of furan rings is 1. The van der Waals surface area contributed by atoms with Crippen molar-refractivity contribution in [3.05, 3.63) is 64.4 Å². The molecule has 1 aromatic heterocycles. The minimum Gasteiger partial charge on any atom is -0.450 e. The van der Waals surface area contributed by atoms with Crippen molar-refractivity contribution in [1.82, 2.24) is 0 Å². The smallest absolute Gasteiger partial charge is 0.230 e. The monoisotopic (exact) mass is 331 g/mol. The first-order chi connectivity index (χ1) is 12.2. The molecule has 0 aliphatic heterocycles. The van der Waals surface area contributed by atoms with Crippen LogP contribution >= 0.6 is 0 Å². The van der Waals surface area contributed by atoms with Crippen molar-refractivity contribution in [2.75, 3.05) is 5.73 Å². The van der Waals surface area contributed by atoms with Gasteiger partial charge in [0.15, 0.2) is 5.76 Å². The van der Waals surface area contributed by atoms with E-state index < -0.39 is 0 Å². The van der Waals surface area contributed by atoms with Crippen molar-refractivity contribution in [1.29, 1.82) is 0 Å². The van der Waals surface area contributed by atoms with Crippen molar-refractivity contribution in [2.45, 2.75) is 44.4 Å². The molecule has 1 saturated carbocycles. The summed E-state index contributed by atoms with van der Waals surface area (Å²) in [4.78, 5) is 13.2. The lowest BCUT2D eigenvalue weighted by Gasteiger charge is -2.16. The maximum atomic E-state index is 13.2. The number of rotatable bonds is 3. The van der Waals surface area contributed by atoms with Gasteiger partial charge in [0.1, 0.15) is 5.58 Å². The minimum absolute atomic E-state index is 0.0826. The van der Waals surface area contributed by atoms with Gasteiger partial charge in [0.2, 0.25) is 5.78 Å². The van der Waals surface area contributed by atoms with Crippen LogP contribution in [-0.2, 0) is 12.8 Å². The molecule has 0 saturated heterocycles. The number of fused-ring (bicyclic) bond motifs is 3. The number of carbonyl (C=O) groups excluding carboxylic acids is 1. The van der Waals surface area contributed by atoms with Gasteiger partial charge in [-0.3, -0.25) is 4.79 Å². The lowest BCUT2D eigenvalue weighted by molar-refractivity contribution is 0.101. The minimum atomic E-state index is -0.0826. The van der Waals surface area contributed by atoms with E-state index in [9.17, 15) is 4.79 Å². The summed E-state index contributed by atoms with van der Waals surface area (Å²) < 4.78 is 5.96. The molecule has 3 heteroatoms. The second-order valence-electron chi connectivity index (χ2n) is 7.32. The number of aryl methyl sites for hydroxylation is 2. The van der Waals surface area contributed by atoms with Gasteiger partial charge in [-0.05, 0) is 67.2 Å². The maximum Gasteiger partial charge on any atom is 0.230 e. The van der Waals surface area contributed by atoms with Gasteiger partial charge in [-0.15, -0.1) is 0 Å². The van der Waals surface area contributed by atoms with E-state index in [0.717, 1.165) is 47.8 Å².